The van der Waals surface area contributed by atoms with Gasteiger partial charge in [-0.3, -0.25) is 0 Å². The van der Waals surface area contributed by atoms with Crippen LogP contribution in [0.2, 0.25) is 0 Å². The Morgan fingerprint density at radius 3 is 2.16 bits per heavy atom. The van der Waals surface area contributed by atoms with Gasteiger partial charge in [-0.25, -0.2) is 4.79 Å². The summed E-state index contributed by atoms with van der Waals surface area (Å²) < 4.78 is 20.7. The molecule has 25 heavy (non-hydrogen) atoms. The molecule has 0 fully saturated rings. The van der Waals surface area contributed by atoms with Crippen molar-refractivity contribution in [1.82, 2.24) is 5.16 Å². The summed E-state index contributed by atoms with van der Waals surface area (Å²) in [5.41, 5.74) is 1.84. The molecule has 0 bridgehead atoms. The topological polar surface area (TPSA) is 70.8 Å². The van der Waals surface area contributed by atoms with Crippen LogP contribution in [0, 0.1) is 0 Å². The maximum Gasteiger partial charge on any atom is 0.338 e. The molecule has 0 N–H and O–H groups in total. The average molecular weight is 339 g/mol. The van der Waals surface area contributed by atoms with E-state index in [4.69, 9.17) is 18.7 Å². The SMILES string of the molecule is COc1ccc(C(=O)OCc2cc(-c3ccc(OC)cc3)on2)cc1. The van der Waals surface area contributed by atoms with Crippen molar-refractivity contribution in [2.24, 2.45) is 0 Å². The van der Waals surface area contributed by atoms with Gasteiger partial charge in [0.25, 0.3) is 0 Å². The Labute approximate surface area is 144 Å². The fourth-order valence-electron chi connectivity index (χ4n) is 2.22. The second-order valence-electron chi connectivity index (χ2n) is 5.22. The Morgan fingerprint density at radius 1 is 0.960 bits per heavy atom. The normalized spacial score (nSPS) is 10.3. The molecule has 3 rings (SSSR count). The quantitative estimate of drug-likeness (QED) is 0.638. The van der Waals surface area contributed by atoms with Crippen LogP contribution >= 0.6 is 0 Å². The van der Waals surface area contributed by atoms with Gasteiger partial charge in [0.2, 0.25) is 0 Å². The summed E-state index contributed by atoms with van der Waals surface area (Å²) in [5.74, 6) is 1.60. The molecule has 2 aromatic carbocycles. The van der Waals surface area contributed by atoms with Gasteiger partial charge in [-0.1, -0.05) is 5.16 Å². The van der Waals surface area contributed by atoms with Crippen molar-refractivity contribution in [3.05, 3.63) is 65.9 Å². The standard InChI is InChI=1S/C19H17NO5/c1-22-16-7-3-13(4-8-16)18-11-15(20-25-18)12-24-19(21)14-5-9-17(23-2)10-6-14/h3-11H,12H2,1-2H3. The van der Waals surface area contributed by atoms with Crippen molar-refractivity contribution in [2.75, 3.05) is 14.2 Å². The number of methoxy groups -OCH3 is 2. The fourth-order valence-corrected chi connectivity index (χ4v) is 2.22. The molecule has 0 aliphatic carbocycles. The molecule has 3 aromatic rings. The molecular weight excluding hydrogens is 322 g/mol. The predicted molar refractivity (Wildman–Crippen MR) is 90.6 cm³/mol. The van der Waals surface area contributed by atoms with Crippen molar-refractivity contribution < 1.29 is 23.5 Å². The van der Waals surface area contributed by atoms with E-state index in [9.17, 15) is 4.79 Å². The molecule has 0 amide bonds. The van der Waals surface area contributed by atoms with E-state index < -0.39 is 5.97 Å². The highest BCUT2D eigenvalue weighted by atomic mass is 16.5. The van der Waals surface area contributed by atoms with Crippen LogP contribution in [-0.2, 0) is 11.3 Å². The molecule has 128 valence electrons. The van der Waals surface area contributed by atoms with Gasteiger partial charge in [0.1, 0.15) is 23.8 Å². The lowest BCUT2D eigenvalue weighted by Gasteiger charge is -2.03. The molecule has 0 saturated heterocycles. The van der Waals surface area contributed by atoms with Gasteiger partial charge < -0.3 is 18.7 Å². The van der Waals surface area contributed by atoms with Gasteiger partial charge in [-0.05, 0) is 48.5 Å². The Balaban J connectivity index is 1.61. The molecule has 1 heterocycles. The molecule has 0 aliphatic heterocycles. The molecule has 0 unspecified atom stereocenters. The van der Waals surface area contributed by atoms with Crippen molar-refractivity contribution >= 4 is 5.97 Å². The second-order valence-corrected chi connectivity index (χ2v) is 5.22. The first-order chi connectivity index (χ1) is 12.2. The largest absolute Gasteiger partial charge is 0.497 e. The average Bonchev–Trinajstić information content (AvgIpc) is 3.15. The summed E-state index contributed by atoms with van der Waals surface area (Å²) in [4.78, 5) is 12.0. The van der Waals surface area contributed by atoms with E-state index in [-0.39, 0.29) is 6.61 Å². The van der Waals surface area contributed by atoms with Crippen LogP contribution in [-0.4, -0.2) is 25.3 Å². The Hall–Kier alpha value is -3.28. The third-order valence-corrected chi connectivity index (χ3v) is 3.61. The van der Waals surface area contributed by atoms with Crippen molar-refractivity contribution in [3.8, 4) is 22.8 Å². The van der Waals surface area contributed by atoms with Crippen LogP contribution < -0.4 is 9.47 Å². The van der Waals surface area contributed by atoms with Crippen LogP contribution in [0.3, 0.4) is 0 Å². The second kappa shape index (κ2) is 7.53. The Bertz CT molecular complexity index is 837. The monoisotopic (exact) mass is 339 g/mol. The van der Waals surface area contributed by atoms with E-state index >= 15 is 0 Å². The van der Waals surface area contributed by atoms with Crippen molar-refractivity contribution in [3.63, 3.8) is 0 Å². The van der Waals surface area contributed by atoms with Gasteiger partial charge in [0.15, 0.2) is 5.76 Å². The van der Waals surface area contributed by atoms with E-state index in [0.717, 1.165) is 11.3 Å². The number of hydrogen-bond donors (Lipinski definition) is 0. The maximum atomic E-state index is 12.0. The van der Waals surface area contributed by atoms with Crippen LogP contribution in [0.1, 0.15) is 16.1 Å². The van der Waals surface area contributed by atoms with Crippen LogP contribution in [0.4, 0.5) is 0 Å². The number of carbonyl (C=O) groups is 1. The van der Waals surface area contributed by atoms with Gasteiger partial charge >= 0.3 is 5.97 Å². The Kier molecular flexibility index (Phi) is 4.99. The first-order valence-electron chi connectivity index (χ1n) is 7.61. The molecule has 1 aromatic heterocycles. The molecular formula is C19H17NO5. The first-order valence-corrected chi connectivity index (χ1v) is 7.61. The molecule has 0 spiro atoms. The lowest BCUT2D eigenvalue weighted by atomic mass is 10.1. The van der Waals surface area contributed by atoms with E-state index in [1.165, 1.54) is 0 Å². The molecule has 0 saturated carbocycles. The number of benzene rings is 2. The molecule has 6 heteroatoms. The molecule has 0 radical (unpaired) electrons. The highest BCUT2D eigenvalue weighted by Crippen LogP contribution is 2.23. The highest BCUT2D eigenvalue weighted by molar-refractivity contribution is 5.89. The van der Waals surface area contributed by atoms with Crippen molar-refractivity contribution in [1.29, 1.82) is 0 Å². The minimum atomic E-state index is -0.434. The zero-order chi connectivity index (χ0) is 17.6. The summed E-state index contributed by atoms with van der Waals surface area (Å²) in [6.07, 6.45) is 0. The first kappa shape index (κ1) is 16.6. The lowest BCUT2D eigenvalue weighted by Crippen LogP contribution is -2.05. The van der Waals surface area contributed by atoms with Crippen LogP contribution in [0.15, 0.2) is 59.1 Å². The maximum absolute atomic E-state index is 12.0. The zero-order valence-corrected chi connectivity index (χ0v) is 13.9. The minimum Gasteiger partial charge on any atom is -0.497 e. The summed E-state index contributed by atoms with van der Waals surface area (Å²) in [6.45, 7) is 0.0323. The van der Waals surface area contributed by atoms with E-state index in [2.05, 4.69) is 5.16 Å². The number of hydrogen-bond acceptors (Lipinski definition) is 6. The van der Waals surface area contributed by atoms with Gasteiger partial charge in [-0.2, -0.15) is 0 Å². The molecule has 6 nitrogen and oxygen atoms in total. The Morgan fingerprint density at radius 2 is 1.56 bits per heavy atom. The number of carbonyl (C=O) groups excluding carboxylic acids is 1. The third-order valence-electron chi connectivity index (χ3n) is 3.61. The molecule has 0 aliphatic rings. The smallest absolute Gasteiger partial charge is 0.338 e. The van der Waals surface area contributed by atoms with Gasteiger partial charge in [-0.15, -0.1) is 0 Å². The highest BCUT2D eigenvalue weighted by Gasteiger charge is 2.11. The van der Waals surface area contributed by atoms with E-state index in [0.29, 0.717) is 22.8 Å². The summed E-state index contributed by atoms with van der Waals surface area (Å²) >= 11 is 0. The number of aromatic nitrogens is 1. The van der Waals surface area contributed by atoms with Crippen molar-refractivity contribution in [2.45, 2.75) is 6.61 Å². The fraction of sp³-hybridized carbons (Fsp3) is 0.158. The van der Waals surface area contributed by atoms with Gasteiger partial charge in [0.05, 0.1) is 19.8 Å². The van der Waals surface area contributed by atoms with Gasteiger partial charge in [0, 0.05) is 11.6 Å². The van der Waals surface area contributed by atoms with E-state index in [1.807, 2.05) is 24.3 Å². The lowest BCUT2D eigenvalue weighted by molar-refractivity contribution is 0.0464. The third kappa shape index (κ3) is 3.98. The number of rotatable bonds is 6. The predicted octanol–water partition coefficient (Wildman–Crippen LogP) is 3.72. The van der Waals surface area contributed by atoms with E-state index in [1.54, 1.807) is 44.6 Å². The summed E-state index contributed by atoms with van der Waals surface area (Å²) in [5, 5.41) is 3.92. The zero-order valence-electron chi connectivity index (χ0n) is 13.9. The number of esters is 1. The number of ether oxygens (including phenoxy) is 3. The van der Waals surface area contributed by atoms with Crippen LogP contribution in [0.5, 0.6) is 11.5 Å². The summed E-state index contributed by atoms with van der Waals surface area (Å²) in [7, 11) is 3.18. The summed E-state index contributed by atoms with van der Waals surface area (Å²) in [6, 6.07) is 15.8. The molecule has 0 atom stereocenters. The number of nitrogens with zero attached hydrogens (tertiary/aromatic N) is 1. The minimum absolute atomic E-state index is 0.0323. The van der Waals surface area contributed by atoms with Crippen LogP contribution in [0.25, 0.3) is 11.3 Å².